The van der Waals surface area contributed by atoms with Crippen LogP contribution in [0.4, 0.5) is 5.69 Å². The Morgan fingerprint density at radius 2 is 2.11 bits per heavy atom. The Balaban J connectivity index is 2.95. The Morgan fingerprint density at radius 3 is 2.67 bits per heavy atom. The van der Waals surface area contributed by atoms with Gasteiger partial charge in [-0.3, -0.25) is 10.1 Å². The van der Waals surface area contributed by atoms with Crippen molar-refractivity contribution in [1.82, 2.24) is 4.98 Å². The van der Waals surface area contributed by atoms with Crippen LogP contribution in [-0.2, 0) is 0 Å². The number of aromatic hydroxyl groups is 1. The van der Waals surface area contributed by atoms with E-state index in [0.29, 0.717) is 5.56 Å². The maximum Gasteiger partial charge on any atom is 0.354 e. The number of aryl methyl sites for hydroxylation is 1. The molecule has 0 aliphatic rings. The minimum Gasteiger partial charge on any atom is -0.507 e. The molecule has 92 valence electrons. The fraction of sp³-hybridized carbons (Fsp3) is 0.0909. The molecule has 7 nitrogen and oxygen atoms in total. The number of carboxylic acids is 1. The van der Waals surface area contributed by atoms with Gasteiger partial charge in [-0.05, 0) is 12.5 Å². The first-order valence-electron chi connectivity index (χ1n) is 4.93. The first kappa shape index (κ1) is 11.8. The summed E-state index contributed by atoms with van der Waals surface area (Å²) < 4.78 is 0. The third-order valence-electron chi connectivity index (χ3n) is 2.54. The largest absolute Gasteiger partial charge is 0.507 e. The summed E-state index contributed by atoms with van der Waals surface area (Å²) >= 11 is 0. The molecule has 2 N–H and O–H groups in total. The molecule has 1 aromatic carbocycles. The third-order valence-corrected chi connectivity index (χ3v) is 2.54. The van der Waals surface area contributed by atoms with Gasteiger partial charge >= 0.3 is 5.97 Å². The number of aromatic carboxylic acids is 1. The molecular formula is C11H8N2O5. The number of fused-ring (bicyclic) bond motifs is 1. The molecule has 0 aliphatic carbocycles. The Labute approximate surface area is 100 Å². The summed E-state index contributed by atoms with van der Waals surface area (Å²) in [6.45, 7) is 1.65. The van der Waals surface area contributed by atoms with Crippen molar-refractivity contribution in [2.45, 2.75) is 6.92 Å². The van der Waals surface area contributed by atoms with E-state index in [1.54, 1.807) is 6.92 Å². The van der Waals surface area contributed by atoms with E-state index >= 15 is 0 Å². The van der Waals surface area contributed by atoms with Gasteiger partial charge in [0.2, 0.25) is 0 Å². The van der Waals surface area contributed by atoms with Crippen LogP contribution in [0, 0.1) is 17.0 Å². The highest BCUT2D eigenvalue weighted by Crippen LogP contribution is 2.33. The average Bonchev–Trinajstić information content (AvgIpc) is 2.27. The topological polar surface area (TPSA) is 114 Å². The summed E-state index contributed by atoms with van der Waals surface area (Å²) in [6.07, 6.45) is 0. The lowest BCUT2D eigenvalue weighted by Gasteiger charge is -2.06. The van der Waals surface area contributed by atoms with Gasteiger partial charge in [-0.15, -0.1) is 0 Å². The number of carboxylic acid groups (broad SMARTS) is 1. The van der Waals surface area contributed by atoms with Gasteiger partial charge in [0, 0.05) is 12.1 Å². The van der Waals surface area contributed by atoms with E-state index in [0.717, 1.165) is 6.07 Å². The highest BCUT2D eigenvalue weighted by atomic mass is 16.6. The van der Waals surface area contributed by atoms with Crippen LogP contribution in [0.3, 0.4) is 0 Å². The molecule has 1 aromatic heterocycles. The number of hydrogen-bond donors (Lipinski definition) is 2. The van der Waals surface area contributed by atoms with Crippen LogP contribution in [0.25, 0.3) is 10.9 Å². The Hall–Kier alpha value is -2.70. The standard InChI is InChI=1S/C11H8N2O5/c1-5-2-3-7(13(17)18)10-9(5)8(14)4-6(12-10)11(15)16/h2-4H,1H3,(H,12,14)(H,15,16). The van der Waals surface area contributed by atoms with Crippen molar-refractivity contribution in [3.8, 4) is 5.75 Å². The minimum absolute atomic E-state index is 0.127. The lowest BCUT2D eigenvalue weighted by molar-refractivity contribution is -0.383. The number of benzene rings is 1. The molecule has 1 heterocycles. The average molecular weight is 248 g/mol. The van der Waals surface area contributed by atoms with Gasteiger partial charge in [0.05, 0.1) is 10.3 Å². The molecule has 0 aliphatic heterocycles. The summed E-state index contributed by atoms with van der Waals surface area (Å²) in [6, 6.07) is 3.68. The van der Waals surface area contributed by atoms with E-state index in [1.807, 2.05) is 0 Å². The van der Waals surface area contributed by atoms with Crippen molar-refractivity contribution in [2.24, 2.45) is 0 Å². The summed E-state index contributed by atoms with van der Waals surface area (Å²) in [5.74, 6) is -1.69. The normalized spacial score (nSPS) is 10.5. The van der Waals surface area contributed by atoms with Gasteiger partial charge in [-0.2, -0.15) is 0 Å². The number of hydrogen-bond acceptors (Lipinski definition) is 5. The fourth-order valence-electron chi connectivity index (χ4n) is 1.73. The molecule has 0 spiro atoms. The quantitative estimate of drug-likeness (QED) is 0.619. The van der Waals surface area contributed by atoms with Crippen molar-refractivity contribution in [2.75, 3.05) is 0 Å². The van der Waals surface area contributed by atoms with Gasteiger partial charge in [-0.1, -0.05) is 6.07 Å². The fourth-order valence-corrected chi connectivity index (χ4v) is 1.73. The van der Waals surface area contributed by atoms with Crippen LogP contribution in [0.2, 0.25) is 0 Å². The number of nitrogens with zero attached hydrogens (tertiary/aromatic N) is 2. The SMILES string of the molecule is Cc1ccc([N+](=O)[O-])c2nc(C(=O)O)cc(O)c12. The van der Waals surface area contributed by atoms with E-state index in [1.165, 1.54) is 12.1 Å². The van der Waals surface area contributed by atoms with Crippen molar-refractivity contribution >= 4 is 22.6 Å². The maximum atomic E-state index is 10.9. The van der Waals surface area contributed by atoms with E-state index in [4.69, 9.17) is 5.11 Å². The smallest absolute Gasteiger partial charge is 0.354 e. The summed E-state index contributed by atoms with van der Waals surface area (Å²) in [4.78, 5) is 24.7. The second-order valence-electron chi connectivity index (χ2n) is 3.71. The molecule has 0 amide bonds. The molecule has 0 unspecified atom stereocenters. The summed E-state index contributed by atoms with van der Waals surface area (Å²) in [5.41, 5.74) is -0.322. The summed E-state index contributed by atoms with van der Waals surface area (Å²) in [7, 11) is 0. The molecule has 0 saturated carbocycles. The predicted octanol–water partition coefficient (Wildman–Crippen LogP) is 1.86. The molecular weight excluding hydrogens is 240 g/mol. The van der Waals surface area contributed by atoms with Crippen molar-refractivity contribution in [1.29, 1.82) is 0 Å². The van der Waals surface area contributed by atoms with E-state index in [2.05, 4.69) is 4.98 Å². The van der Waals surface area contributed by atoms with Crippen molar-refractivity contribution in [3.63, 3.8) is 0 Å². The molecule has 18 heavy (non-hydrogen) atoms. The second-order valence-corrected chi connectivity index (χ2v) is 3.71. The molecule has 0 fully saturated rings. The zero-order valence-electron chi connectivity index (χ0n) is 9.25. The van der Waals surface area contributed by atoms with Crippen molar-refractivity contribution < 1.29 is 19.9 Å². The number of rotatable bonds is 2. The number of carbonyl (C=O) groups is 1. The molecule has 0 saturated heterocycles. The Kier molecular flexibility index (Phi) is 2.59. The van der Waals surface area contributed by atoms with Crippen LogP contribution < -0.4 is 0 Å². The van der Waals surface area contributed by atoms with Crippen LogP contribution >= 0.6 is 0 Å². The lowest BCUT2D eigenvalue weighted by atomic mass is 10.1. The van der Waals surface area contributed by atoms with Gasteiger partial charge in [0.1, 0.15) is 5.75 Å². The van der Waals surface area contributed by atoms with Gasteiger partial charge in [0.15, 0.2) is 11.2 Å². The van der Waals surface area contributed by atoms with E-state index < -0.39 is 16.6 Å². The number of nitro groups is 1. The lowest BCUT2D eigenvalue weighted by Crippen LogP contribution is -2.02. The molecule has 0 radical (unpaired) electrons. The third kappa shape index (κ3) is 1.71. The molecule has 0 atom stereocenters. The highest BCUT2D eigenvalue weighted by Gasteiger charge is 2.20. The van der Waals surface area contributed by atoms with E-state index in [-0.39, 0.29) is 22.3 Å². The van der Waals surface area contributed by atoms with Crippen LogP contribution in [0.15, 0.2) is 18.2 Å². The van der Waals surface area contributed by atoms with Crippen molar-refractivity contribution in [3.05, 3.63) is 39.6 Å². The Morgan fingerprint density at radius 1 is 1.44 bits per heavy atom. The van der Waals surface area contributed by atoms with Crippen LogP contribution in [0.1, 0.15) is 16.1 Å². The highest BCUT2D eigenvalue weighted by molar-refractivity contribution is 5.98. The first-order valence-corrected chi connectivity index (χ1v) is 4.93. The minimum atomic E-state index is -1.36. The molecule has 7 heteroatoms. The number of pyridine rings is 1. The monoisotopic (exact) mass is 248 g/mol. The molecule has 2 aromatic rings. The second kappa shape index (κ2) is 3.95. The van der Waals surface area contributed by atoms with Crippen LogP contribution in [-0.4, -0.2) is 26.1 Å². The number of non-ortho nitro benzene ring substituents is 1. The Bertz CT molecular complexity index is 681. The van der Waals surface area contributed by atoms with E-state index in [9.17, 15) is 20.0 Å². The zero-order chi connectivity index (χ0) is 13.4. The number of nitro benzene ring substituents is 1. The maximum absolute atomic E-state index is 10.9. The number of aromatic nitrogens is 1. The van der Waals surface area contributed by atoms with Gasteiger partial charge in [0.25, 0.3) is 5.69 Å². The van der Waals surface area contributed by atoms with Gasteiger partial charge in [-0.25, -0.2) is 9.78 Å². The molecule has 0 bridgehead atoms. The van der Waals surface area contributed by atoms with Gasteiger partial charge < -0.3 is 10.2 Å². The molecule has 2 rings (SSSR count). The first-order chi connectivity index (χ1) is 8.41. The zero-order valence-corrected chi connectivity index (χ0v) is 9.25. The predicted molar refractivity (Wildman–Crippen MR) is 61.8 cm³/mol. The van der Waals surface area contributed by atoms with Crippen LogP contribution in [0.5, 0.6) is 5.75 Å². The summed E-state index contributed by atoms with van der Waals surface area (Å²) in [5, 5.41) is 29.6.